The first-order chi connectivity index (χ1) is 8.90. The maximum Gasteiger partial charge on any atom is 0.0783 e. The highest BCUT2D eigenvalue weighted by Gasteiger charge is 2.27. The fourth-order valence-corrected chi connectivity index (χ4v) is 2.66. The minimum absolute atomic E-state index is 0.0281. The molecule has 2 unspecified atom stereocenters. The van der Waals surface area contributed by atoms with Crippen LogP contribution >= 0.6 is 0 Å². The molecule has 1 aliphatic heterocycles. The van der Waals surface area contributed by atoms with Crippen LogP contribution in [0.4, 0.5) is 0 Å². The lowest BCUT2D eigenvalue weighted by Crippen LogP contribution is -2.36. The summed E-state index contributed by atoms with van der Waals surface area (Å²) in [6, 6.07) is 10.2. The molecule has 4 heteroatoms. The van der Waals surface area contributed by atoms with Crippen LogP contribution in [0.2, 0.25) is 0 Å². The molecule has 0 amide bonds. The summed E-state index contributed by atoms with van der Waals surface area (Å²) in [5.74, 6) is 5.73. The lowest BCUT2D eigenvalue weighted by Gasteiger charge is -2.23. The number of hydrogen-bond acceptors (Lipinski definition) is 4. The Morgan fingerprint density at radius 2 is 2.28 bits per heavy atom. The normalized spacial score (nSPS) is 21.3. The second-order valence-corrected chi connectivity index (χ2v) is 4.61. The Balaban J connectivity index is 2.06. The molecule has 1 aliphatic rings. The van der Waals surface area contributed by atoms with Crippen LogP contribution < -0.4 is 11.3 Å². The molecule has 1 fully saturated rings. The van der Waals surface area contributed by atoms with Crippen LogP contribution in [-0.2, 0) is 4.74 Å². The standard InChI is InChI=1S/C14H17N3O/c15-17-14(13-7-3-9-18-13)11-4-1-6-12-10(11)5-2-8-16-12/h1-2,4-6,8,13-14,17H,3,7,9,15H2. The molecule has 1 aromatic heterocycles. The van der Waals surface area contributed by atoms with E-state index in [9.17, 15) is 0 Å². The molecule has 4 nitrogen and oxygen atoms in total. The number of aromatic nitrogens is 1. The zero-order chi connectivity index (χ0) is 12.4. The summed E-state index contributed by atoms with van der Waals surface area (Å²) in [7, 11) is 0. The van der Waals surface area contributed by atoms with Gasteiger partial charge in [0.05, 0.1) is 17.7 Å². The number of nitrogens with two attached hydrogens (primary N) is 1. The van der Waals surface area contributed by atoms with Crippen molar-refractivity contribution in [2.45, 2.75) is 25.0 Å². The Bertz CT molecular complexity index is 532. The molecule has 18 heavy (non-hydrogen) atoms. The molecular formula is C14H17N3O. The number of nitrogens with one attached hydrogen (secondary N) is 1. The fourth-order valence-electron chi connectivity index (χ4n) is 2.66. The number of hydrazine groups is 1. The third-order valence-corrected chi connectivity index (χ3v) is 3.53. The van der Waals surface area contributed by atoms with Crippen LogP contribution in [0.25, 0.3) is 10.9 Å². The minimum atomic E-state index is 0.0281. The first-order valence-corrected chi connectivity index (χ1v) is 6.31. The molecule has 0 aliphatic carbocycles. The largest absolute Gasteiger partial charge is 0.376 e. The van der Waals surface area contributed by atoms with Gasteiger partial charge < -0.3 is 4.74 Å². The van der Waals surface area contributed by atoms with Crippen LogP contribution in [0.5, 0.6) is 0 Å². The van der Waals surface area contributed by atoms with E-state index in [2.05, 4.69) is 22.5 Å². The molecule has 0 saturated carbocycles. The minimum Gasteiger partial charge on any atom is -0.376 e. The van der Waals surface area contributed by atoms with Crippen LogP contribution in [0.1, 0.15) is 24.4 Å². The third-order valence-electron chi connectivity index (χ3n) is 3.53. The second kappa shape index (κ2) is 5.02. The number of benzene rings is 1. The van der Waals surface area contributed by atoms with E-state index in [1.54, 1.807) is 0 Å². The van der Waals surface area contributed by atoms with Gasteiger partial charge in [0.25, 0.3) is 0 Å². The highest BCUT2D eigenvalue weighted by atomic mass is 16.5. The predicted molar refractivity (Wildman–Crippen MR) is 70.8 cm³/mol. The topological polar surface area (TPSA) is 60.2 Å². The van der Waals surface area contributed by atoms with E-state index >= 15 is 0 Å². The molecule has 2 atom stereocenters. The van der Waals surface area contributed by atoms with Gasteiger partial charge >= 0.3 is 0 Å². The Kier molecular flexibility index (Phi) is 3.23. The highest BCUT2D eigenvalue weighted by Crippen LogP contribution is 2.30. The number of pyridine rings is 1. The van der Waals surface area contributed by atoms with Crippen molar-refractivity contribution >= 4 is 10.9 Å². The molecule has 2 heterocycles. The van der Waals surface area contributed by atoms with E-state index < -0.39 is 0 Å². The number of hydrogen-bond donors (Lipinski definition) is 2. The maximum absolute atomic E-state index is 5.75. The number of rotatable bonds is 3. The van der Waals surface area contributed by atoms with Crippen molar-refractivity contribution in [3.63, 3.8) is 0 Å². The molecule has 0 spiro atoms. The molecule has 1 aromatic carbocycles. The molecule has 1 saturated heterocycles. The molecule has 0 bridgehead atoms. The molecular weight excluding hydrogens is 226 g/mol. The summed E-state index contributed by atoms with van der Waals surface area (Å²) in [5.41, 5.74) is 5.06. The number of ether oxygens (including phenoxy) is 1. The second-order valence-electron chi connectivity index (χ2n) is 4.61. The maximum atomic E-state index is 5.75. The van der Waals surface area contributed by atoms with Gasteiger partial charge in [-0.1, -0.05) is 18.2 Å². The molecule has 3 N–H and O–H groups in total. The van der Waals surface area contributed by atoms with Crippen molar-refractivity contribution in [1.82, 2.24) is 10.4 Å². The Morgan fingerprint density at radius 1 is 1.33 bits per heavy atom. The van der Waals surface area contributed by atoms with Crippen molar-refractivity contribution in [2.75, 3.05) is 6.61 Å². The van der Waals surface area contributed by atoms with Crippen molar-refractivity contribution < 1.29 is 4.74 Å². The van der Waals surface area contributed by atoms with Crippen molar-refractivity contribution in [3.8, 4) is 0 Å². The van der Waals surface area contributed by atoms with Gasteiger partial charge in [0.15, 0.2) is 0 Å². The van der Waals surface area contributed by atoms with E-state index in [1.165, 1.54) is 0 Å². The summed E-state index contributed by atoms with van der Waals surface area (Å²) in [6.07, 6.45) is 4.11. The number of nitrogens with zero attached hydrogens (tertiary/aromatic N) is 1. The van der Waals surface area contributed by atoms with Gasteiger partial charge in [-0.2, -0.15) is 0 Å². The van der Waals surface area contributed by atoms with E-state index in [0.29, 0.717) is 0 Å². The van der Waals surface area contributed by atoms with Crippen LogP contribution in [0.3, 0.4) is 0 Å². The molecule has 0 radical (unpaired) electrons. The van der Waals surface area contributed by atoms with E-state index in [1.807, 2.05) is 24.4 Å². The molecule has 94 valence electrons. The summed E-state index contributed by atoms with van der Waals surface area (Å²) < 4.78 is 5.75. The van der Waals surface area contributed by atoms with Gasteiger partial charge in [0.1, 0.15) is 0 Å². The van der Waals surface area contributed by atoms with Crippen molar-refractivity contribution in [1.29, 1.82) is 0 Å². The average Bonchev–Trinajstić information content (AvgIpc) is 2.94. The van der Waals surface area contributed by atoms with E-state index in [0.717, 1.165) is 35.9 Å². The Hall–Kier alpha value is -1.49. The number of fused-ring (bicyclic) bond motifs is 1. The van der Waals surface area contributed by atoms with Gasteiger partial charge in [-0.15, -0.1) is 0 Å². The zero-order valence-electron chi connectivity index (χ0n) is 10.2. The quantitative estimate of drug-likeness (QED) is 0.638. The zero-order valence-corrected chi connectivity index (χ0v) is 10.2. The van der Waals surface area contributed by atoms with E-state index in [4.69, 9.17) is 10.6 Å². The predicted octanol–water partition coefficient (Wildman–Crippen LogP) is 1.92. The van der Waals surface area contributed by atoms with Crippen LogP contribution in [0.15, 0.2) is 36.5 Å². The van der Waals surface area contributed by atoms with Gasteiger partial charge in [0, 0.05) is 18.2 Å². The van der Waals surface area contributed by atoms with Crippen molar-refractivity contribution in [3.05, 3.63) is 42.1 Å². The summed E-state index contributed by atoms with van der Waals surface area (Å²) >= 11 is 0. The van der Waals surface area contributed by atoms with Gasteiger partial charge in [-0.3, -0.25) is 16.3 Å². The SMILES string of the molecule is NNC(c1cccc2ncccc12)C1CCCO1. The van der Waals surface area contributed by atoms with E-state index in [-0.39, 0.29) is 12.1 Å². The van der Waals surface area contributed by atoms with Crippen LogP contribution in [0, 0.1) is 0 Å². The Morgan fingerprint density at radius 3 is 3.06 bits per heavy atom. The smallest absolute Gasteiger partial charge is 0.0783 e. The highest BCUT2D eigenvalue weighted by molar-refractivity contribution is 5.82. The lowest BCUT2D eigenvalue weighted by molar-refractivity contribution is 0.0788. The molecule has 2 aromatic rings. The average molecular weight is 243 g/mol. The first-order valence-electron chi connectivity index (χ1n) is 6.31. The van der Waals surface area contributed by atoms with Crippen LogP contribution in [-0.4, -0.2) is 17.7 Å². The van der Waals surface area contributed by atoms with Crippen molar-refractivity contribution in [2.24, 2.45) is 5.84 Å². The van der Waals surface area contributed by atoms with Gasteiger partial charge in [-0.25, -0.2) is 0 Å². The fraction of sp³-hybridized carbons (Fsp3) is 0.357. The van der Waals surface area contributed by atoms with Gasteiger partial charge in [0.2, 0.25) is 0 Å². The lowest BCUT2D eigenvalue weighted by atomic mass is 9.96. The monoisotopic (exact) mass is 243 g/mol. The molecule has 3 rings (SSSR count). The summed E-state index contributed by atoms with van der Waals surface area (Å²) in [5, 5.41) is 1.14. The third kappa shape index (κ3) is 1.99. The summed E-state index contributed by atoms with van der Waals surface area (Å²) in [6.45, 7) is 0.825. The summed E-state index contributed by atoms with van der Waals surface area (Å²) in [4.78, 5) is 4.38. The van der Waals surface area contributed by atoms with Gasteiger partial charge in [-0.05, 0) is 30.5 Å². The Labute approximate surface area is 106 Å². The first kappa shape index (κ1) is 11.6.